The second-order valence-electron chi connectivity index (χ2n) is 11.8. The van der Waals surface area contributed by atoms with Crippen LogP contribution in [0, 0.1) is 34.5 Å². The molecule has 162 valence electrons. The lowest BCUT2D eigenvalue weighted by atomic mass is 9.44. The summed E-state index contributed by atoms with van der Waals surface area (Å²) in [4.78, 5) is 0. The molecule has 2 nitrogen and oxygen atoms in total. The third-order valence-corrected chi connectivity index (χ3v) is 10.5. The Morgan fingerprint density at radius 2 is 2.00 bits per heavy atom. The number of ether oxygens (including phenoxy) is 1. The first-order valence-corrected chi connectivity index (χ1v) is 12.5. The lowest BCUT2D eigenvalue weighted by Crippen LogP contribution is -2.59. The lowest BCUT2D eigenvalue weighted by molar-refractivity contribution is -0.151. The minimum atomic E-state index is -0.0609. The number of hydrogen-bond acceptors (Lipinski definition) is 2. The molecule has 1 heterocycles. The molecule has 0 aromatic heterocycles. The van der Waals surface area contributed by atoms with Crippen molar-refractivity contribution in [3.05, 3.63) is 23.8 Å². The first-order chi connectivity index (χ1) is 13.8. The molecule has 0 aromatic carbocycles. The van der Waals surface area contributed by atoms with Gasteiger partial charge in [0.25, 0.3) is 0 Å². The number of hydrogen-bond donors (Lipinski definition) is 1. The third kappa shape index (κ3) is 2.80. The van der Waals surface area contributed by atoms with Crippen LogP contribution in [0.5, 0.6) is 0 Å². The van der Waals surface area contributed by atoms with Crippen molar-refractivity contribution < 1.29 is 9.84 Å². The molecule has 1 spiro atoms. The van der Waals surface area contributed by atoms with Gasteiger partial charge in [0.05, 0.1) is 18.3 Å². The highest BCUT2D eigenvalue weighted by molar-refractivity contribution is 5.29. The second kappa shape index (κ2) is 6.95. The second-order valence-corrected chi connectivity index (χ2v) is 11.8. The summed E-state index contributed by atoms with van der Waals surface area (Å²) in [5.74, 6) is 2.76. The van der Waals surface area contributed by atoms with E-state index in [1.807, 2.05) is 0 Å². The van der Waals surface area contributed by atoms with Crippen molar-refractivity contribution >= 4 is 0 Å². The van der Waals surface area contributed by atoms with Crippen molar-refractivity contribution in [1.29, 1.82) is 0 Å². The summed E-state index contributed by atoms with van der Waals surface area (Å²) in [6.07, 6.45) is 15.9. The molecule has 0 amide bonds. The lowest BCUT2D eigenvalue weighted by Gasteiger charge is -2.60. The van der Waals surface area contributed by atoms with Crippen LogP contribution in [0.25, 0.3) is 0 Å². The zero-order chi connectivity index (χ0) is 20.4. The Bertz CT molecular complexity index is 707. The number of allylic oxidation sites excluding steroid dienone is 3. The van der Waals surface area contributed by atoms with Crippen molar-refractivity contribution in [2.24, 2.45) is 34.5 Å². The first-order valence-electron chi connectivity index (χ1n) is 12.5. The van der Waals surface area contributed by atoms with E-state index >= 15 is 0 Å². The van der Waals surface area contributed by atoms with Crippen molar-refractivity contribution in [2.45, 2.75) is 103 Å². The number of aliphatic hydroxyl groups is 1. The normalized spacial score (nSPS) is 49.8. The van der Waals surface area contributed by atoms with Crippen LogP contribution in [0.4, 0.5) is 0 Å². The molecule has 0 radical (unpaired) electrons. The van der Waals surface area contributed by atoms with Gasteiger partial charge >= 0.3 is 0 Å². The van der Waals surface area contributed by atoms with E-state index in [-0.39, 0.29) is 11.7 Å². The SMILES string of the molecule is C=C(CC/C=C1\CC[C@@H]2[C@@]34CC[C@@H]5C[C@@H](O)CC[C@]5(CO3)[C@H]4CC[C@]12C)C(C)C. The Labute approximate surface area is 178 Å². The number of fused-ring (bicyclic) bond motifs is 1. The van der Waals surface area contributed by atoms with E-state index in [9.17, 15) is 5.11 Å². The number of rotatable bonds is 4. The van der Waals surface area contributed by atoms with Gasteiger partial charge in [-0.2, -0.15) is 0 Å². The topological polar surface area (TPSA) is 29.5 Å². The minimum absolute atomic E-state index is 0.0609. The summed E-state index contributed by atoms with van der Waals surface area (Å²) in [7, 11) is 0. The van der Waals surface area contributed by atoms with E-state index in [1.54, 1.807) is 5.57 Å². The monoisotopic (exact) mass is 398 g/mol. The molecule has 0 aromatic rings. The van der Waals surface area contributed by atoms with Crippen molar-refractivity contribution in [3.8, 4) is 0 Å². The molecule has 1 saturated heterocycles. The molecule has 5 aliphatic rings. The van der Waals surface area contributed by atoms with Crippen LogP contribution in [0.2, 0.25) is 0 Å². The molecule has 5 fully saturated rings. The fourth-order valence-corrected chi connectivity index (χ4v) is 8.77. The molecule has 5 rings (SSSR count). The van der Waals surface area contributed by atoms with Crippen molar-refractivity contribution in [2.75, 3.05) is 6.61 Å². The summed E-state index contributed by atoms with van der Waals surface area (Å²) >= 11 is 0. The number of aliphatic hydroxyl groups excluding tert-OH is 1. The summed E-state index contributed by atoms with van der Waals surface area (Å²) in [5.41, 5.74) is 4.01. The highest BCUT2D eigenvalue weighted by Crippen LogP contribution is 2.73. The molecule has 2 bridgehead atoms. The standard InChI is InChI=1S/C27H42O2/c1-18(2)19(3)6-5-7-20-8-9-23-25(20,4)13-12-24-26-14-11-22(28)16-21(26)10-15-27(23,24)29-17-26/h7,18,21-24,28H,3,5-6,8-17H2,1-2,4H3/b20-7+/t21-,22+,23+,24-,25-,26-,27-/m1/s1. The Kier molecular flexibility index (Phi) is 4.87. The van der Waals surface area contributed by atoms with Gasteiger partial charge in [0.1, 0.15) is 0 Å². The van der Waals surface area contributed by atoms with Crippen LogP contribution >= 0.6 is 0 Å². The van der Waals surface area contributed by atoms with Gasteiger partial charge in [0.15, 0.2) is 0 Å². The smallest absolute Gasteiger partial charge is 0.0753 e. The van der Waals surface area contributed by atoms with Crippen LogP contribution < -0.4 is 0 Å². The summed E-state index contributed by atoms with van der Waals surface area (Å²) < 4.78 is 6.94. The van der Waals surface area contributed by atoms with Gasteiger partial charge in [-0.1, -0.05) is 44.6 Å². The molecule has 4 aliphatic carbocycles. The predicted octanol–water partition coefficient (Wildman–Crippen LogP) is 6.44. The Morgan fingerprint density at radius 3 is 2.79 bits per heavy atom. The highest BCUT2D eigenvalue weighted by atomic mass is 16.5. The van der Waals surface area contributed by atoms with E-state index in [0.29, 0.717) is 28.6 Å². The molecule has 0 unspecified atom stereocenters. The van der Waals surface area contributed by atoms with Crippen LogP contribution in [-0.2, 0) is 4.74 Å². The quantitative estimate of drug-likeness (QED) is 0.552. The largest absolute Gasteiger partial charge is 0.393 e. The van der Waals surface area contributed by atoms with Gasteiger partial charge in [-0.15, -0.1) is 0 Å². The summed E-state index contributed by atoms with van der Waals surface area (Å²) in [6.45, 7) is 12.4. The van der Waals surface area contributed by atoms with Gasteiger partial charge in [0, 0.05) is 5.41 Å². The zero-order valence-corrected chi connectivity index (χ0v) is 19.0. The average Bonchev–Trinajstić information content (AvgIpc) is 3.14. The highest BCUT2D eigenvalue weighted by Gasteiger charge is 2.71. The van der Waals surface area contributed by atoms with E-state index in [1.165, 1.54) is 50.5 Å². The van der Waals surface area contributed by atoms with E-state index in [0.717, 1.165) is 38.2 Å². The predicted molar refractivity (Wildman–Crippen MR) is 119 cm³/mol. The molecular formula is C27H42O2. The molecule has 1 N–H and O–H groups in total. The van der Waals surface area contributed by atoms with Crippen LogP contribution in [0.3, 0.4) is 0 Å². The molecule has 2 heteroatoms. The van der Waals surface area contributed by atoms with E-state index in [2.05, 4.69) is 33.4 Å². The Morgan fingerprint density at radius 1 is 1.17 bits per heavy atom. The third-order valence-electron chi connectivity index (χ3n) is 10.5. The fraction of sp³-hybridized carbons (Fsp3) is 0.852. The molecule has 29 heavy (non-hydrogen) atoms. The van der Waals surface area contributed by atoms with E-state index < -0.39 is 0 Å². The average molecular weight is 399 g/mol. The van der Waals surface area contributed by atoms with Crippen molar-refractivity contribution in [3.63, 3.8) is 0 Å². The van der Waals surface area contributed by atoms with Crippen LogP contribution in [-0.4, -0.2) is 23.4 Å². The van der Waals surface area contributed by atoms with Crippen molar-refractivity contribution in [1.82, 2.24) is 0 Å². The molecule has 4 saturated carbocycles. The van der Waals surface area contributed by atoms with Gasteiger partial charge < -0.3 is 9.84 Å². The van der Waals surface area contributed by atoms with E-state index in [4.69, 9.17) is 4.74 Å². The molecular weight excluding hydrogens is 356 g/mol. The van der Waals surface area contributed by atoms with Gasteiger partial charge in [-0.05, 0) is 99.7 Å². The van der Waals surface area contributed by atoms with Gasteiger partial charge in [-0.25, -0.2) is 0 Å². The maximum atomic E-state index is 10.3. The Hall–Kier alpha value is -0.600. The van der Waals surface area contributed by atoms with Crippen LogP contribution in [0.15, 0.2) is 23.8 Å². The van der Waals surface area contributed by atoms with Gasteiger partial charge in [-0.3, -0.25) is 0 Å². The first kappa shape index (κ1) is 20.3. The fourth-order valence-electron chi connectivity index (χ4n) is 8.77. The summed E-state index contributed by atoms with van der Waals surface area (Å²) in [6, 6.07) is 0. The molecule has 7 atom stereocenters. The van der Waals surface area contributed by atoms with Crippen LogP contribution in [0.1, 0.15) is 91.4 Å². The van der Waals surface area contributed by atoms with Gasteiger partial charge in [0.2, 0.25) is 0 Å². The minimum Gasteiger partial charge on any atom is -0.393 e. The zero-order valence-electron chi connectivity index (χ0n) is 19.0. The summed E-state index contributed by atoms with van der Waals surface area (Å²) in [5, 5.41) is 10.3. The maximum Gasteiger partial charge on any atom is 0.0753 e. The Balaban J connectivity index is 1.38. The maximum absolute atomic E-state index is 10.3. The molecule has 1 aliphatic heterocycles.